The number of fused-ring (bicyclic) bond motifs is 2. The first-order valence-electron chi connectivity index (χ1n) is 7.87. The molecule has 21 heavy (non-hydrogen) atoms. The fraction of sp³-hybridized carbons (Fsp3) is 0.368. The maximum Gasteiger partial charge on any atom is 0.0926 e. The van der Waals surface area contributed by atoms with Crippen LogP contribution in [0.25, 0.3) is 11.1 Å². The lowest BCUT2D eigenvalue weighted by molar-refractivity contribution is -0.0114. The van der Waals surface area contributed by atoms with Gasteiger partial charge in [-0.15, -0.1) is 0 Å². The third-order valence-electron chi connectivity index (χ3n) is 5.01. The summed E-state index contributed by atoms with van der Waals surface area (Å²) in [7, 11) is 0. The van der Waals surface area contributed by atoms with Crippen LogP contribution in [-0.2, 0) is 5.60 Å². The minimum Gasteiger partial charge on any atom is -0.385 e. The second-order valence-corrected chi connectivity index (χ2v) is 6.52. The predicted molar refractivity (Wildman–Crippen MR) is 85.0 cm³/mol. The highest BCUT2D eigenvalue weighted by atomic mass is 16.3. The Labute approximate surface area is 125 Å². The fourth-order valence-corrected chi connectivity index (χ4v) is 3.98. The molecule has 2 unspecified atom stereocenters. The smallest absolute Gasteiger partial charge is 0.0926 e. The minimum atomic E-state index is -0.665. The lowest BCUT2D eigenvalue weighted by Gasteiger charge is -2.37. The quantitative estimate of drug-likeness (QED) is 0.882. The van der Waals surface area contributed by atoms with Crippen molar-refractivity contribution in [3.63, 3.8) is 0 Å². The summed E-state index contributed by atoms with van der Waals surface area (Å²) in [4.78, 5) is 0. The first-order chi connectivity index (χ1) is 10.2. The van der Waals surface area contributed by atoms with Gasteiger partial charge < -0.3 is 10.4 Å². The SMILES string of the molecule is OC1(c2cccc(-c3ccccc3)c2)CC2CCC(C1)N2. The van der Waals surface area contributed by atoms with E-state index in [-0.39, 0.29) is 0 Å². The van der Waals surface area contributed by atoms with Gasteiger partial charge in [-0.2, -0.15) is 0 Å². The molecular weight excluding hydrogens is 258 g/mol. The Hall–Kier alpha value is -1.64. The molecule has 2 aliphatic rings. The highest BCUT2D eigenvalue weighted by Crippen LogP contribution is 2.41. The lowest BCUT2D eigenvalue weighted by Crippen LogP contribution is -2.46. The minimum absolute atomic E-state index is 0.481. The summed E-state index contributed by atoms with van der Waals surface area (Å²) in [5, 5.41) is 14.8. The van der Waals surface area contributed by atoms with E-state index in [9.17, 15) is 5.11 Å². The molecule has 2 aromatic carbocycles. The van der Waals surface area contributed by atoms with Crippen LogP contribution in [-0.4, -0.2) is 17.2 Å². The van der Waals surface area contributed by atoms with E-state index in [0.717, 1.165) is 18.4 Å². The maximum atomic E-state index is 11.2. The van der Waals surface area contributed by atoms with Gasteiger partial charge in [0.05, 0.1) is 5.60 Å². The second kappa shape index (κ2) is 4.97. The van der Waals surface area contributed by atoms with Gasteiger partial charge in [-0.05, 0) is 48.4 Å². The van der Waals surface area contributed by atoms with Crippen LogP contribution in [0.4, 0.5) is 0 Å². The van der Waals surface area contributed by atoms with E-state index in [1.54, 1.807) is 0 Å². The van der Waals surface area contributed by atoms with Crippen LogP contribution >= 0.6 is 0 Å². The topological polar surface area (TPSA) is 32.3 Å². The van der Waals surface area contributed by atoms with Crippen molar-refractivity contribution in [1.29, 1.82) is 0 Å². The number of aliphatic hydroxyl groups is 1. The monoisotopic (exact) mass is 279 g/mol. The molecule has 2 atom stereocenters. The van der Waals surface area contributed by atoms with Gasteiger partial charge in [-0.25, -0.2) is 0 Å². The summed E-state index contributed by atoms with van der Waals surface area (Å²) in [6.45, 7) is 0. The van der Waals surface area contributed by atoms with Crippen LogP contribution in [0.5, 0.6) is 0 Å². The van der Waals surface area contributed by atoms with E-state index in [2.05, 4.69) is 53.8 Å². The average molecular weight is 279 g/mol. The Kier molecular flexibility index (Phi) is 3.09. The maximum absolute atomic E-state index is 11.2. The Morgan fingerprint density at radius 1 is 0.857 bits per heavy atom. The third kappa shape index (κ3) is 2.39. The fourth-order valence-electron chi connectivity index (χ4n) is 3.98. The first kappa shape index (κ1) is 13.1. The van der Waals surface area contributed by atoms with Gasteiger partial charge in [-0.3, -0.25) is 0 Å². The number of hydrogen-bond donors (Lipinski definition) is 2. The van der Waals surface area contributed by atoms with E-state index in [1.165, 1.54) is 24.0 Å². The Morgan fingerprint density at radius 2 is 1.52 bits per heavy atom. The van der Waals surface area contributed by atoms with Crippen molar-refractivity contribution in [2.45, 2.75) is 43.4 Å². The van der Waals surface area contributed by atoms with E-state index in [0.29, 0.717) is 12.1 Å². The molecule has 0 radical (unpaired) electrons. The molecule has 2 aromatic rings. The van der Waals surface area contributed by atoms with Crippen molar-refractivity contribution in [2.75, 3.05) is 0 Å². The summed E-state index contributed by atoms with van der Waals surface area (Å²) < 4.78 is 0. The normalized spacial score (nSPS) is 31.3. The molecule has 4 rings (SSSR count). The molecule has 108 valence electrons. The largest absolute Gasteiger partial charge is 0.385 e. The number of benzene rings is 2. The average Bonchev–Trinajstić information content (AvgIpc) is 2.88. The zero-order valence-electron chi connectivity index (χ0n) is 12.1. The highest BCUT2D eigenvalue weighted by molar-refractivity contribution is 5.64. The van der Waals surface area contributed by atoms with Crippen molar-refractivity contribution < 1.29 is 5.11 Å². The number of piperidine rings is 1. The Balaban J connectivity index is 1.69. The molecule has 2 fully saturated rings. The van der Waals surface area contributed by atoms with E-state index in [4.69, 9.17) is 0 Å². The van der Waals surface area contributed by atoms with Crippen molar-refractivity contribution in [3.8, 4) is 11.1 Å². The number of rotatable bonds is 2. The molecule has 0 amide bonds. The standard InChI is InChI=1S/C19H21NO/c21-19(12-17-9-10-18(13-19)20-17)16-8-4-7-15(11-16)14-5-2-1-3-6-14/h1-8,11,17-18,20-21H,9-10,12-13H2. The molecule has 2 aliphatic heterocycles. The van der Waals surface area contributed by atoms with E-state index >= 15 is 0 Å². The highest BCUT2D eigenvalue weighted by Gasteiger charge is 2.43. The summed E-state index contributed by atoms with van der Waals surface area (Å²) in [6, 6.07) is 19.8. The van der Waals surface area contributed by atoms with Gasteiger partial charge >= 0.3 is 0 Å². The van der Waals surface area contributed by atoms with Crippen molar-refractivity contribution in [2.24, 2.45) is 0 Å². The van der Waals surface area contributed by atoms with Gasteiger partial charge in [0.25, 0.3) is 0 Å². The van der Waals surface area contributed by atoms with Crippen LogP contribution in [0.1, 0.15) is 31.2 Å². The van der Waals surface area contributed by atoms with Crippen molar-refractivity contribution in [3.05, 3.63) is 60.2 Å². The Bertz CT molecular complexity index is 625. The van der Waals surface area contributed by atoms with Gasteiger partial charge in [0.15, 0.2) is 0 Å². The predicted octanol–water partition coefficient (Wildman–Crippen LogP) is 3.46. The van der Waals surface area contributed by atoms with Gasteiger partial charge in [0.2, 0.25) is 0 Å². The van der Waals surface area contributed by atoms with Crippen LogP contribution in [0, 0.1) is 0 Å². The van der Waals surface area contributed by atoms with Gasteiger partial charge in [-0.1, -0.05) is 48.5 Å². The molecule has 2 heteroatoms. The molecule has 2 heterocycles. The molecule has 0 saturated carbocycles. The van der Waals surface area contributed by atoms with E-state index < -0.39 is 5.60 Å². The number of nitrogens with one attached hydrogen (secondary N) is 1. The van der Waals surface area contributed by atoms with Crippen LogP contribution in [0.15, 0.2) is 54.6 Å². The molecule has 2 nitrogen and oxygen atoms in total. The first-order valence-corrected chi connectivity index (χ1v) is 7.87. The zero-order chi connectivity index (χ0) is 14.3. The molecular formula is C19H21NO. The van der Waals surface area contributed by atoms with Crippen molar-refractivity contribution in [1.82, 2.24) is 5.32 Å². The molecule has 0 aromatic heterocycles. The molecule has 2 saturated heterocycles. The van der Waals surface area contributed by atoms with E-state index in [1.807, 2.05) is 6.07 Å². The van der Waals surface area contributed by atoms with Gasteiger partial charge in [0, 0.05) is 12.1 Å². The van der Waals surface area contributed by atoms with Crippen molar-refractivity contribution >= 4 is 0 Å². The van der Waals surface area contributed by atoms with Crippen LogP contribution in [0.2, 0.25) is 0 Å². The molecule has 0 aliphatic carbocycles. The molecule has 2 bridgehead atoms. The third-order valence-corrected chi connectivity index (χ3v) is 5.01. The van der Waals surface area contributed by atoms with Crippen LogP contribution < -0.4 is 5.32 Å². The van der Waals surface area contributed by atoms with Crippen LogP contribution in [0.3, 0.4) is 0 Å². The summed E-state index contributed by atoms with van der Waals surface area (Å²) in [6.07, 6.45) is 4.07. The second-order valence-electron chi connectivity index (χ2n) is 6.52. The number of hydrogen-bond acceptors (Lipinski definition) is 2. The summed E-state index contributed by atoms with van der Waals surface area (Å²) in [5.74, 6) is 0. The lowest BCUT2D eigenvalue weighted by atomic mass is 9.80. The Morgan fingerprint density at radius 3 is 2.24 bits per heavy atom. The van der Waals surface area contributed by atoms with Gasteiger partial charge in [0.1, 0.15) is 0 Å². The molecule has 0 spiro atoms. The zero-order valence-corrected chi connectivity index (χ0v) is 12.1. The summed E-state index contributed by atoms with van der Waals surface area (Å²) in [5.41, 5.74) is 2.80. The molecule has 2 N–H and O–H groups in total. The summed E-state index contributed by atoms with van der Waals surface area (Å²) >= 11 is 0.